The van der Waals surface area contributed by atoms with Crippen molar-refractivity contribution in [1.82, 2.24) is 0 Å². The minimum atomic E-state index is 0.464. The van der Waals surface area contributed by atoms with Gasteiger partial charge in [-0.1, -0.05) is 59.2 Å². The van der Waals surface area contributed by atoms with E-state index in [9.17, 15) is 0 Å². The highest BCUT2D eigenvalue weighted by Gasteiger charge is 2.29. The molecule has 1 aliphatic heterocycles. The summed E-state index contributed by atoms with van der Waals surface area (Å²) in [5.41, 5.74) is 0. The molecular formula is C22H35OS+. The average Bonchev–Trinajstić information content (AvgIpc) is 3.20. The lowest BCUT2D eigenvalue weighted by molar-refractivity contribution is 0.313. The fourth-order valence-electron chi connectivity index (χ4n) is 2.82. The largest absolute Gasteiger partial charge is 0.493 e. The fraction of sp³-hybridized carbons (Fsp3) is 0.545. The van der Waals surface area contributed by atoms with Crippen molar-refractivity contribution in [3.05, 3.63) is 36.4 Å². The normalized spacial score (nSPS) is 13.7. The van der Waals surface area contributed by atoms with Crippen LogP contribution in [-0.4, -0.2) is 18.1 Å². The smallest absolute Gasteiger partial charge is 0.162 e. The molecule has 1 nitrogen and oxygen atoms in total. The molecule has 0 aliphatic carbocycles. The zero-order valence-corrected chi connectivity index (χ0v) is 17.0. The maximum Gasteiger partial charge on any atom is 0.162 e. The summed E-state index contributed by atoms with van der Waals surface area (Å²) in [6.45, 7) is 11.0. The Morgan fingerprint density at radius 3 is 2.12 bits per heavy atom. The molecule has 1 fully saturated rings. The highest BCUT2D eigenvalue weighted by atomic mass is 32.2. The van der Waals surface area contributed by atoms with Gasteiger partial charge < -0.3 is 4.74 Å². The zero-order valence-electron chi connectivity index (χ0n) is 16.2. The van der Waals surface area contributed by atoms with Gasteiger partial charge in [0.1, 0.15) is 17.3 Å². The van der Waals surface area contributed by atoms with E-state index in [2.05, 4.69) is 43.3 Å². The van der Waals surface area contributed by atoms with E-state index in [1.165, 1.54) is 41.5 Å². The first-order valence-electron chi connectivity index (χ1n) is 9.72. The summed E-state index contributed by atoms with van der Waals surface area (Å²) in [4.78, 5) is 1.56. The van der Waals surface area contributed by atoms with Crippen molar-refractivity contribution >= 4 is 21.7 Å². The van der Waals surface area contributed by atoms with Crippen LogP contribution in [0.1, 0.15) is 60.3 Å². The SMILES string of the molecule is CC.CC.CCCCOc1ccc([S+]2CCCC2)c2ccccc12. The van der Waals surface area contributed by atoms with E-state index < -0.39 is 0 Å². The molecule has 24 heavy (non-hydrogen) atoms. The van der Waals surface area contributed by atoms with Crippen molar-refractivity contribution < 1.29 is 4.74 Å². The summed E-state index contributed by atoms with van der Waals surface area (Å²) in [6.07, 6.45) is 5.10. The monoisotopic (exact) mass is 347 g/mol. The van der Waals surface area contributed by atoms with E-state index in [0.29, 0.717) is 10.9 Å². The van der Waals surface area contributed by atoms with E-state index >= 15 is 0 Å². The van der Waals surface area contributed by atoms with Crippen molar-refractivity contribution in [2.75, 3.05) is 18.1 Å². The summed E-state index contributed by atoms with van der Waals surface area (Å²) in [6, 6.07) is 13.3. The zero-order chi connectivity index (χ0) is 17.8. The van der Waals surface area contributed by atoms with Crippen molar-refractivity contribution in [3.63, 3.8) is 0 Å². The van der Waals surface area contributed by atoms with Crippen LogP contribution in [-0.2, 0) is 10.9 Å². The lowest BCUT2D eigenvalue weighted by Crippen LogP contribution is -2.05. The van der Waals surface area contributed by atoms with Crippen molar-refractivity contribution in [2.24, 2.45) is 0 Å². The maximum absolute atomic E-state index is 5.98. The number of benzene rings is 2. The molecule has 0 amide bonds. The Balaban J connectivity index is 0.000000671. The quantitative estimate of drug-likeness (QED) is 0.425. The minimum absolute atomic E-state index is 0.464. The average molecular weight is 348 g/mol. The van der Waals surface area contributed by atoms with Gasteiger partial charge in [-0.2, -0.15) is 0 Å². The second-order valence-electron chi connectivity index (χ2n) is 5.42. The first-order chi connectivity index (χ1) is 11.9. The molecule has 0 saturated carbocycles. The molecule has 1 heterocycles. The van der Waals surface area contributed by atoms with Gasteiger partial charge in [0.15, 0.2) is 4.90 Å². The topological polar surface area (TPSA) is 9.23 Å². The predicted octanol–water partition coefficient (Wildman–Crippen LogP) is 6.84. The van der Waals surface area contributed by atoms with E-state index in [-0.39, 0.29) is 0 Å². The van der Waals surface area contributed by atoms with Crippen LogP contribution in [0.2, 0.25) is 0 Å². The number of unbranched alkanes of at least 4 members (excludes halogenated alkanes) is 1. The van der Waals surface area contributed by atoms with E-state index in [1.54, 1.807) is 4.90 Å². The van der Waals surface area contributed by atoms with Crippen LogP contribution in [0.4, 0.5) is 0 Å². The second kappa shape index (κ2) is 12.2. The first-order valence-corrected chi connectivity index (χ1v) is 11.3. The van der Waals surface area contributed by atoms with Gasteiger partial charge in [-0.25, -0.2) is 0 Å². The van der Waals surface area contributed by atoms with Gasteiger partial charge >= 0.3 is 0 Å². The number of hydrogen-bond acceptors (Lipinski definition) is 1. The third-order valence-corrected chi connectivity index (χ3v) is 6.48. The maximum atomic E-state index is 5.98. The predicted molar refractivity (Wildman–Crippen MR) is 112 cm³/mol. The third kappa shape index (κ3) is 5.44. The summed E-state index contributed by atoms with van der Waals surface area (Å²) < 4.78 is 5.98. The molecule has 134 valence electrons. The molecule has 1 aliphatic rings. The van der Waals surface area contributed by atoms with Gasteiger partial charge in [0.05, 0.1) is 6.61 Å². The lowest BCUT2D eigenvalue weighted by Gasteiger charge is -2.11. The molecule has 0 unspecified atom stereocenters. The molecule has 0 aromatic heterocycles. The van der Waals surface area contributed by atoms with Gasteiger partial charge in [0.2, 0.25) is 0 Å². The second-order valence-corrected chi connectivity index (χ2v) is 7.66. The third-order valence-electron chi connectivity index (χ3n) is 3.94. The standard InChI is InChI=1S/C18H23OS.2C2H6/c1-2-3-12-19-17-10-11-18(20-13-6-7-14-20)16-9-5-4-8-15(16)17;2*1-2/h4-5,8-11H,2-3,6-7,12-14H2,1H3;2*1-2H3/q+1;;. The molecule has 0 radical (unpaired) electrons. The summed E-state index contributed by atoms with van der Waals surface area (Å²) >= 11 is 0. The molecule has 3 rings (SSSR count). The molecule has 2 aromatic rings. The molecule has 0 bridgehead atoms. The molecule has 0 spiro atoms. The molecule has 2 heteroatoms. The van der Waals surface area contributed by atoms with Crippen LogP contribution in [0.3, 0.4) is 0 Å². The summed E-state index contributed by atoms with van der Waals surface area (Å²) in [5, 5.41) is 2.70. The van der Waals surface area contributed by atoms with Gasteiger partial charge in [-0.3, -0.25) is 0 Å². The molecule has 0 N–H and O–H groups in total. The van der Waals surface area contributed by atoms with Crippen LogP contribution in [0.15, 0.2) is 41.3 Å². The van der Waals surface area contributed by atoms with Crippen molar-refractivity contribution in [3.8, 4) is 5.75 Å². The first kappa shape index (κ1) is 20.9. The molecule has 1 saturated heterocycles. The highest BCUT2D eigenvalue weighted by molar-refractivity contribution is 7.97. The highest BCUT2D eigenvalue weighted by Crippen LogP contribution is 2.34. The Hall–Kier alpha value is -1.15. The number of fused-ring (bicyclic) bond motifs is 1. The fourth-order valence-corrected chi connectivity index (χ4v) is 5.32. The van der Waals surface area contributed by atoms with Crippen LogP contribution < -0.4 is 4.74 Å². The number of ether oxygens (including phenoxy) is 1. The van der Waals surface area contributed by atoms with E-state index in [1.807, 2.05) is 27.7 Å². The Kier molecular flexibility index (Phi) is 10.7. The van der Waals surface area contributed by atoms with E-state index in [4.69, 9.17) is 4.74 Å². The summed E-state index contributed by atoms with van der Waals surface area (Å²) in [5.74, 6) is 3.81. The van der Waals surface area contributed by atoms with Crippen LogP contribution in [0.5, 0.6) is 5.75 Å². The van der Waals surface area contributed by atoms with Gasteiger partial charge in [-0.05, 0) is 37.5 Å². The van der Waals surface area contributed by atoms with Gasteiger partial charge in [-0.15, -0.1) is 0 Å². The van der Waals surface area contributed by atoms with Gasteiger partial charge in [0.25, 0.3) is 0 Å². The van der Waals surface area contributed by atoms with Crippen molar-refractivity contribution in [1.29, 1.82) is 0 Å². The molecule has 0 atom stereocenters. The van der Waals surface area contributed by atoms with Gasteiger partial charge in [0, 0.05) is 21.7 Å². The number of hydrogen-bond donors (Lipinski definition) is 0. The Labute approximate surface area is 152 Å². The summed E-state index contributed by atoms with van der Waals surface area (Å²) in [7, 11) is 0.464. The number of rotatable bonds is 5. The van der Waals surface area contributed by atoms with Crippen molar-refractivity contribution in [2.45, 2.75) is 65.2 Å². The minimum Gasteiger partial charge on any atom is -0.493 e. The Bertz CT molecular complexity index is 573. The molecule has 2 aromatic carbocycles. The Morgan fingerprint density at radius 1 is 0.875 bits per heavy atom. The van der Waals surface area contributed by atoms with Crippen LogP contribution >= 0.6 is 0 Å². The Morgan fingerprint density at radius 2 is 1.50 bits per heavy atom. The van der Waals surface area contributed by atoms with Crippen LogP contribution in [0.25, 0.3) is 10.8 Å². The van der Waals surface area contributed by atoms with E-state index in [0.717, 1.165) is 18.8 Å². The molecular weight excluding hydrogens is 312 g/mol. The van der Waals surface area contributed by atoms with Crippen LogP contribution in [0, 0.1) is 0 Å². The lowest BCUT2D eigenvalue weighted by atomic mass is 10.1.